The molecule has 39 heavy (non-hydrogen) atoms. The number of benzene rings is 3. The predicted octanol–water partition coefficient (Wildman–Crippen LogP) is 4.45. The first-order chi connectivity index (χ1) is 18.9. The van der Waals surface area contributed by atoms with E-state index in [9.17, 15) is 9.59 Å². The average Bonchev–Trinajstić information content (AvgIpc) is 3.65. The number of hydrazone groups is 2. The zero-order valence-electron chi connectivity index (χ0n) is 21.5. The van der Waals surface area contributed by atoms with Crippen molar-refractivity contribution >= 4 is 46.5 Å². The molecule has 7 rings (SSSR count). The number of hydrogen-bond donors (Lipinski definition) is 0. The quantitative estimate of drug-likeness (QED) is 0.444. The highest BCUT2D eigenvalue weighted by Gasteiger charge is 2.72. The van der Waals surface area contributed by atoms with E-state index in [0.717, 1.165) is 28.1 Å². The van der Waals surface area contributed by atoms with Gasteiger partial charge in [-0.05, 0) is 43.7 Å². The van der Waals surface area contributed by atoms with Crippen LogP contribution in [0.1, 0.15) is 16.7 Å². The Balaban J connectivity index is 1.30. The summed E-state index contributed by atoms with van der Waals surface area (Å²) in [4.78, 5) is 26.6. The first kappa shape index (κ1) is 24.0. The van der Waals surface area contributed by atoms with Gasteiger partial charge in [0, 0.05) is 0 Å². The second kappa shape index (κ2) is 8.98. The topological polar surface area (TPSA) is 83.8 Å². The van der Waals surface area contributed by atoms with E-state index in [0.29, 0.717) is 11.4 Å². The minimum atomic E-state index is -0.721. The third-order valence-electron chi connectivity index (χ3n) is 7.73. The second-order valence-corrected chi connectivity index (χ2v) is 11.7. The number of aryl methyl sites for hydroxylation is 2. The highest BCUT2D eigenvalue weighted by molar-refractivity contribution is 8.02. The van der Waals surface area contributed by atoms with Gasteiger partial charge in [-0.1, -0.05) is 65.7 Å². The molecule has 0 unspecified atom stereocenters. The Kier molecular flexibility index (Phi) is 5.52. The monoisotopic (exact) mass is 538 g/mol. The van der Waals surface area contributed by atoms with Gasteiger partial charge in [-0.15, -0.1) is 11.8 Å². The minimum Gasteiger partial charge on any atom is -0.459 e. The minimum absolute atomic E-state index is 0.147. The van der Waals surface area contributed by atoms with E-state index in [1.165, 1.54) is 0 Å². The van der Waals surface area contributed by atoms with Crippen molar-refractivity contribution in [1.29, 1.82) is 0 Å². The van der Waals surface area contributed by atoms with Crippen LogP contribution in [0.5, 0.6) is 0 Å². The Morgan fingerprint density at radius 3 is 2.26 bits per heavy atom. The summed E-state index contributed by atoms with van der Waals surface area (Å²) in [5, 5.41) is 13.2. The van der Waals surface area contributed by atoms with Crippen LogP contribution in [0.2, 0.25) is 0 Å². The van der Waals surface area contributed by atoms with Gasteiger partial charge in [0.1, 0.15) is 23.3 Å². The molecule has 196 valence electrons. The summed E-state index contributed by atoms with van der Waals surface area (Å²) in [5.41, 5.74) is 5.60. The number of carbonyl (C=O) groups excluding carboxylic acids is 2. The fourth-order valence-electron chi connectivity index (χ4n) is 5.77. The molecular weight excluding hydrogens is 512 g/mol. The molecule has 0 aromatic heterocycles. The number of thioether (sulfide) groups is 1. The maximum atomic E-state index is 13.7. The summed E-state index contributed by atoms with van der Waals surface area (Å²) in [6.45, 7) is 4.40. The molecule has 0 bridgehead atoms. The number of fused-ring (bicyclic) bond motifs is 2. The Morgan fingerprint density at radius 2 is 1.59 bits per heavy atom. The van der Waals surface area contributed by atoms with Gasteiger partial charge < -0.3 is 9.47 Å². The van der Waals surface area contributed by atoms with Gasteiger partial charge in [0.05, 0.1) is 23.3 Å². The lowest BCUT2D eigenvalue weighted by atomic mass is 9.84. The lowest BCUT2D eigenvalue weighted by molar-refractivity contribution is -0.137. The lowest BCUT2D eigenvalue weighted by Gasteiger charge is -2.31. The van der Waals surface area contributed by atoms with E-state index in [4.69, 9.17) is 19.7 Å². The molecule has 4 atom stereocenters. The van der Waals surface area contributed by atoms with E-state index < -0.39 is 16.7 Å². The number of cyclic esters (lactones) is 1. The van der Waals surface area contributed by atoms with E-state index in [-0.39, 0.29) is 30.5 Å². The smallest absolute Gasteiger partial charge is 0.356 e. The summed E-state index contributed by atoms with van der Waals surface area (Å²) in [6, 6.07) is 25.3. The van der Waals surface area contributed by atoms with Crippen molar-refractivity contribution in [2.75, 3.05) is 16.6 Å². The molecule has 2 fully saturated rings. The van der Waals surface area contributed by atoms with Crippen LogP contribution in [0.3, 0.4) is 0 Å². The van der Waals surface area contributed by atoms with E-state index in [2.05, 4.69) is 0 Å². The van der Waals surface area contributed by atoms with Crippen LogP contribution in [-0.2, 0) is 25.7 Å². The van der Waals surface area contributed by atoms with Crippen LogP contribution in [0.4, 0.5) is 11.4 Å². The molecule has 4 aliphatic rings. The molecule has 3 aromatic rings. The maximum absolute atomic E-state index is 13.7. The molecule has 4 heterocycles. The number of anilines is 2. The Morgan fingerprint density at radius 1 is 0.949 bits per heavy atom. The molecule has 4 aliphatic heterocycles. The fraction of sp³-hybridized carbons (Fsp3) is 0.267. The Bertz CT molecular complexity index is 1520. The van der Waals surface area contributed by atoms with Crippen molar-refractivity contribution in [3.63, 3.8) is 0 Å². The van der Waals surface area contributed by atoms with Gasteiger partial charge in [-0.25, -0.2) is 9.59 Å². The molecule has 0 aliphatic carbocycles. The molecule has 9 heteroatoms. The van der Waals surface area contributed by atoms with E-state index >= 15 is 0 Å². The molecule has 0 saturated carbocycles. The van der Waals surface area contributed by atoms with E-state index in [1.807, 2.05) is 103 Å². The third kappa shape index (κ3) is 3.75. The predicted molar refractivity (Wildman–Crippen MR) is 151 cm³/mol. The van der Waals surface area contributed by atoms with E-state index in [1.54, 1.807) is 11.8 Å². The lowest BCUT2D eigenvalue weighted by Crippen LogP contribution is -2.50. The number of carbonyl (C=O) groups is 2. The van der Waals surface area contributed by atoms with Crippen LogP contribution in [0.15, 0.2) is 89.1 Å². The van der Waals surface area contributed by atoms with Gasteiger partial charge in [-0.2, -0.15) is 10.2 Å². The van der Waals surface area contributed by atoms with Crippen molar-refractivity contribution in [1.82, 2.24) is 0 Å². The van der Waals surface area contributed by atoms with Gasteiger partial charge in [0.25, 0.3) is 0 Å². The summed E-state index contributed by atoms with van der Waals surface area (Å²) in [5.74, 6) is -1.26. The first-order valence-electron chi connectivity index (χ1n) is 12.9. The van der Waals surface area contributed by atoms with Crippen molar-refractivity contribution in [3.8, 4) is 0 Å². The normalized spacial score (nSPS) is 26.5. The summed E-state index contributed by atoms with van der Waals surface area (Å²) < 4.78 is 10.6. The molecule has 0 N–H and O–H groups in total. The highest BCUT2D eigenvalue weighted by Crippen LogP contribution is 2.59. The van der Waals surface area contributed by atoms with Crippen molar-refractivity contribution in [2.24, 2.45) is 16.1 Å². The fourth-order valence-corrected chi connectivity index (χ4v) is 7.64. The number of rotatable bonds is 5. The molecule has 0 radical (unpaired) electrons. The van der Waals surface area contributed by atoms with Crippen LogP contribution in [0, 0.1) is 19.8 Å². The van der Waals surface area contributed by atoms with Gasteiger partial charge in [-0.3, -0.25) is 10.0 Å². The van der Waals surface area contributed by atoms with Gasteiger partial charge in [0.2, 0.25) is 0 Å². The van der Waals surface area contributed by atoms with Crippen molar-refractivity contribution in [3.05, 3.63) is 95.6 Å². The zero-order chi connectivity index (χ0) is 26.7. The molecule has 8 nitrogen and oxygen atoms in total. The Hall–Kier alpha value is -4.11. The molecule has 2 saturated heterocycles. The second-order valence-electron chi connectivity index (χ2n) is 10.3. The molecular formula is C30H26N4O4S. The standard InChI is InChI=1S/C30H26N4O4S/c1-18-8-12-21(13-9-18)33-26-23-24(28(35)37-16-20-6-4-3-5-7-20)31-34(22-14-10-19(2)11-15-22)27(23)39-30(26)17-38-29(36)25(30)32-33/h3-15,23,26-27H,16-17H2,1-2H3/t23-,26-,27+,30-/m1/s1. The summed E-state index contributed by atoms with van der Waals surface area (Å²) in [7, 11) is 0. The molecule has 0 amide bonds. The summed E-state index contributed by atoms with van der Waals surface area (Å²) >= 11 is 1.60. The van der Waals surface area contributed by atoms with Crippen LogP contribution >= 0.6 is 11.8 Å². The van der Waals surface area contributed by atoms with Gasteiger partial charge in [0.15, 0.2) is 11.4 Å². The molecule has 3 aromatic carbocycles. The average molecular weight is 539 g/mol. The number of ether oxygens (including phenoxy) is 2. The zero-order valence-corrected chi connectivity index (χ0v) is 22.3. The largest absolute Gasteiger partial charge is 0.459 e. The van der Waals surface area contributed by atoms with Crippen molar-refractivity contribution in [2.45, 2.75) is 36.6 Å². The SMILES string of the molecule is Cc1ccc(N2N=C(C(=O)OCc3ccccc3)[C@H]3[C@@H]2S[C@]24COC(=O)C2=NN(c2ccc(C)cc2)[C@H]34)cc1. The van der Waals surface area contributed by atoms with Crippen LogP contribution in [0.25, 0.3) is 0 Å². The number of nitrogens with zero attached hydrogens (tertiary/aromatic N) is 4. The highest BCUT2D eigenvalue weighted by atomic mass is 32.2. The number of esters is 2. The third-order valence-corrected chi connectivity index (χ3v) is 9.44. The van der Waals surface area contributed by atoms with Gasteiger partial charge >= 0.3 is 11.9 Å². The number of hydrogen-bond acceptors (Lipinski definition) is 9. The Labute approximate surface area is 230 Å². The summed E-state index contributed by atoms with van der Waals surface area (Å²) in [6.07, 6.45) is 0. The maximum Gasteiger partial charge on any atom is 0.356 e. The van der Waals surface area contributed by atoms with Crippen molar-refractivity contribution < 1.29 is 19.1 Å². The van der Waals surface area contributed by atoms with Crippen LogP contribution in [-0.4, -0.2) is 46.1 Å². The first-order valence-corrected chi connectivity index (χ1v) is 13.8. The van der Waals surface area contributed by atoms with Crippen LogP contribution < -0.4 is 10.0 Å². The molecule has 1 spiro atoms.